The summed E-state index contributed by atoms with van der Waals surface area (Å²) >= 11 is 1.74. The molecule has 0 spiro atoms. The van der Waals surface area contributed by atoms with Crippen molar-refractivity contribution in [3.63, 3.8) is 0 Å². The van der Waals surface area contributed by atoms with Gasteiger partial charge in [0.2, 0.25) is 0 Å². The third-order valence-electron chi connectivity index (χ3n) is 6.15. The number of carboxylic acid groups (broad SMARTS) is 1. The zero-order chi connectivity index (χ0) is 21.4. The molecule has 1 unspecified atom stereocenters. The second-order valence-electron chi connectivity index (χ2n) is 8.33. The number of fused-ring (bicyclic) bond motifs is 3. The van der Waals surface area contributed by atoms with Gasteiger partial charge in [0.1, 0.15) is 4.83 Å². The minimum Gasteiger partial charge on any atom is -0.481 e. The highest BCUT2D eigenvalue weighted by molar-refractivity contribution is 7.19. The Bertz CT molecular complexity index is 1150. The molecule has 1 aliphatic carbocycles. The van der Waals surface area contributed by atoms with Crippen molar-refractivity contribution in [2.24, 2.45) is 0 Å². The van der Waals surface area contributed by atoms with Crippen LogP contribution in [0.4, 0.5) is 0 Å². The van der Waals surface area contributed by atoms with Gasteiger partial charge in [-0.2, -0.15) is 0 Å². The molecule has 0 fully saturated rings. The predicted octanol–water partition coefficient (Wildman–Crippen LogP) is 5.91. The molecule has 1 aromatic carbocycles. The van der Waals surface area contributed by atoms with Crippen LogP contribution in [-0.4, -0.2) is 15.6 Å². The highest BCUT2D eigenvalue weighted by Crippen LogP contribution is 2.44. The van der Waals surface area contributed by atoms with Gasteiger partial charge in [-0.1, -0.05) is 50.1 Å². The van der Waals surface area contributed by atoms with Crippen molar-refractivity contribution in [2.75, 3.05) is 0 Å². The maximum Gasteiger partial charge on any atom is 0.311 e. The standard InChI is InChI=1S/C25H29NO3S/c1-4-7-18(25(28)29)21-20(16-12-10-15(3)11-13-16)22-17-8-6-9-19(17)30-24(22)26(14-5-2)23(21)27/h10-13,18H,4-9,14H2,1-3H3,(H,28,29). The first-order valence-electron chi connectivity index (χ1n) is 11.0. The van der Waals surface area contributed by atoms with Gasteiger partial charge < -0.3 is 5.11 Å². The van der Waals surface area contributed by atoms with Crippen LogP contribution in [0, 0.1) is 6.92 Å². The fourth-order valence-electron chi connectivity index (χ4n) is 4.77. The van der Waals surface area contributed by atoms with E-state index < -0.39 is 11.9 Å². The molecule has 0 radical (unpaired) electrons. The highest BCUT2D eigenvalue weighted by atomic mass is 32.1. The molecule has 0 saturated heterocycles. The Labute approximate surface area is 181 Å². The van der Waals surface area contributed by atoms with Gasteiger partial charge in [0.15, 0.2) is 0 Å². The number of aryl methyl sites for hydroxylation is 4. The van der Waals surface area contributed by atoms with Gasteiger partial charge in [0, 0.05) is 27.9 Å². The number of aromatic nitrogens is 1. The first-order valence-corrected chi connectivity index (χ1v) is 11.8. The van der Waals surface area contributed by atoms with Crippen molar-refractivity contribution in [1.82, 2.24) is 4.57 Å². The predicted molar refractivity (Wildman–Crippen MR) is 124 cm³/mol. The van der Waals surface area contributed by atoms with Crippen molar-refractivity contribution < 1.29 is 9.90 Å². The summed E-state index contributed by atoms with van der Waals surface area (Å²) < 4.78 is 1.86. The van der Waals surface area contributed by atoms with E-state index >= 15 is 0 Å². The molecule has 0 amide bonds. The van der Waals surface area contributed by atoms with Gasteiger partial charge in [-0.05, 0) is 50.2 Å². The largest absolute Gasteiger partial charge is 0.481 e. The summed E-state index contributed by atoms with van der Waals surface area (Å²) in [5.74, 6) is -1.69. The SMILES string of the molecule is CCCC(C(=O)O)c1c(-c2ccc(C)cc2)c2c3c(sc2n(CCC)c1=O)CCC3. The van der Waals surface area contributed by atoms with Crippen LogP contribution in [0.15, 0.2) is 29.1 Å². The van der Waals surface area contributed by atoms with Crippen LogP contribution in [0.25, 0.3) is 21.3 Å². The Balaban J connectivity index is 2.17. The number of carboxylic acids is 1. The number of benzene rings is 1. The number of thiophene rings is 1. The van der Waals surface area contributed by atoms with Crippen LogP contribution in [0.3, 0.4) is 0 Å². The zero-order valence-electron chi connectivity index (χ0n) is 18.0. The number of nitrogens with zero attached hydrogens (tertiary/aromatic N) is 1. The van der Waals surface area contributed by atoms with Gasteiger partial charge in [0.05, 0.1) is 5.92 Å². The van der Waals surface area contributed by atoms with E-state index in [4.69, 9.17) is 0 Å². The molecule has 0 aliphatic heterocycles. The number of hydrogen-bond acceptors (Lipinski definition) is 3. The summed E-state index contributed by atoms with van der Waals surface area (Å²) in [6.07, 6.45) is 5.21. The fourth-order valence-corrected chi connectivity index (χ4v) is 6.19. The Morgan fingerprint density at radius 1 is 1.17 bits per heavy atom. The van der Waals surface area contributed by atoms with Crippen LogP contribution < -0.4 is 5.56 Å². The van der Waals surface area contributed by atoms with Crippen molar-refractivity contribution in [3.8, 4) is 11.1 Å². The maximum atomic E-state index is 13.8. The van der Waals surface area contributed by atoms with E-state index in [1.807, 2.05) is 42.7 Å². The number of carbonyl (C=O) groups is 1. The molecule has 0 bridgehead atoms. The van der Waals surface area contributed by atoms with Crippen LogP contribution in [0.5, 0.6) is 0 Å². The molecule has 4 rings (SSSR count). The minimum atomic E-state index is -0.906. The monoisotopic (exact) mass is 423 g/mol. The molecule has 1 atom stereocenters. The van der Waals surface area contributed by atoms with E-state index in [9.17, 15) is 14.7 Å². The first-order chi connectivity index (χ1) is 14.5. The molecule has 30 heavy (non-hydrogen) atoms. The summed E-state index contributed by atoms with van der Waals surface area (Å²) in [6, 6.07) is 8.18. The molecule has 4 nitrogen and oxygen atoms in total. The summed E-state index contributed by atoms with van der Waals surface area (Å²) in [5.41, 5.74) is 4.65. The van der Waals surface area contributed by atoms with Crippen molar-refractivity contribution in [2.45, 2.75) is 71.8 Å². The summed E-state index contributed by atoms with van der Waals surface area (Å²) in [6.45, 7) is 6.70. The van der Waals surface area contributed by atoms with E-state index in [1.54, 1.807) is 11.3 Å². The Hall–Kier alpha value is -2.40. The molecule has 1 N–H and O–H groups in total. The van der Waals surface area contributed by atoms with Crippen LogP contribution >= 0.6 is 11.3 Å². The molecule has 1 aliphatic rings. The summed E-state index contributed by atoms with van der Waals surface area (Å²) in [7, 11) is 0. The lowest BCUT2D eigenvalue weighted by Crippen LogP contribution is -2.29. The minimum absolute atomic E-state index is 0.124. The highest BCUT2D eigenvalue weighted by Gasteiger charge is 2.32. The molecule has 2 aromatic heterocycles. The lowest BCUT2D eigenvalue weighted by atomic mass is 9.86. The molecule has 2 heterocycles. The first kappa shape index (κ1) is 20.9. The number of rotatable bonds is 7. The topological polar surface area (TPSA) is 59.3 Å². The van der Waals surface area contributed by atoms with E-state index in [0.717, 1.165) is 59.0 Å². The smallest absolute Gasteiger partial charge is 0.311 e. The van der Waals surface area contributed by atoms with Crippen molar-refractivity contribution in [1.29, 1.82) is 0 Å². The maximum absolute atomic E-state index is 13.8. The molecule has 5 heteroatoms. The van der Waals surface area contributed by atoms with Crippen LogP contribution in [0.1, 0.15) is 67.0 Å². The second-order valence-corrected chi connectivity index (χ2v) is 9.41. The van der Waals surface area contributed by atoms with E-state index in [-0.39, 0.29) is 5.56 Å². The normalized spacial score (nSPS) is 14.2. The van der Waals surface area contributed by atoms with Crippen molar-refractivity contribution in [3.05, 3.63) is 56.2 Å². The third kappa shape index (κ3) is 3.39. The fraction of sp³-hybridized carbons (Fsp3) is 0.440. The summed E-state index contributed by atoms with van der Waals surface area (Å²) in [5, 5.41) is 11.2. The van der Waals surface area contributed by atoms with E-state index in [1.165, 1.54) is 10.4 Å². The quantitative estimate of drug-likeness (QED) is 0.514. The molecular formula is C25H29NO3S. The average Bonchev–Trinajstić information content (AvgIpc) is 3.30. The Kier molecular flexibility index (Phi) is 5.83. The van der Waals surface area contributed by atoms with Gasteiger partial charge >= 0.3 is 5.97 Å². The van der Waals surface area contributed by atoms with Gasteiger partial charge in [0.25, 0.3) is 5.56 Å². The zero-order valence-corrected chi connectivity index (χ0v) is 18.8. The lowest BCUT2D eigenvalue weighted by molar-refractivity contribution is -0.139. The number of aliphatic carboxylic acids is 1. The molecule has 158 valence electrons. The second kappa shape index (κ2) is 8.38. The Morgan fingerprint density at radius 3 is 2.53 bits per heavy atom. The molecule has 0 saturated carbocycles. The third-order valence-corrected chi connectivity index (χ3v) is 7.47. The van der Waals surface area contributed by atoms with Gasteiger partial charge in [-0.3, -0.25) is 14.2 Å². The number of hydrogen-bond donors (Lipinski definition) is 1. The lowest BCUT2D eigenvalue weighted by Gasteiger charge is -2.21. The number of pyridine rings is 1. The van der Waals surface area contributed by atoms with Crippen LogP contribution in [0.2, 0.25) is 0 Å². The van der Waals surface area contributed by atoms with E-state index in [0.29, 0.717) is 18.5 Å². The van der Waals surface area contributed by atoms with Gasteiger partial charge in [-0.15, -0.1) is 11.3 Å². The van der Waals surface area contributed by atoms with Crippen molar-refractivity contribution >= 4 is 27.5 Å². The Morgan fingerprint density at radius 2 is 1.90 bits per heavy atom. The summed E-state index contributed by atoms with van der Waals surface area (Å²) in [4.78, 5) is 28.5. The van der Waals surface area contributed by atoms with Crippen LogP contribution in [-0.2, 0) is 24.2 Å². The van der Waals surface area contributed by atoms with Gasteiger partial charge in [-0.25, -0.2) is 0 Å². The average molecular weight is 424 g/mol. The molecular weight excluding hydrogens is 394 g/mol. The van der Waals surface area contributed by atoms with E-state index in [2.05, 4.69) is 6.92 Å². The molecule has 3 aromatic rings.